The quantitative estimate of drug-likeness (QED) is 0.776. The summed E-state index contributed by atoms with van der Waals surface area (Å²) in [6.07, 6.45) is -0.386. The first-order chi connectivity index (χ1) is 6.72. The van der Waals surface area contributed by atoms with Crippen molar-refractivity contribution in [3.63, 3.8) is 0 Å². The average molecular weight is 194 g/mol. The molecule has 2 rings (SSSR count). The van der Waals surface area contributed by atoms with Crippen molar-refractivity contribution < 1.29 is 14.6 Å². The first-order valence-corrected chi connectivity index (χ1v) is 4.71. The van der Waals surface area contributed by atoms with Crippen molar-refractivity contribution in [1.29, 1.82) is 0 Å². The topological polar surface area (TPSA) is 38.7 Å². The van der Waals surface area contributed by atoms with Crippen LogP contribution < -0.4 is 9.47 Å². The number of methoxy groups -OCH3 is 1. The minimum Gasteiger partial charge on any atom is -0.497 e. The summed E-state index contributed by atoms with van der Waals surface area (Å²) in [5.74, 6) is 1.73. The lowest BCUT2D eigenvalue weighted by molar-refractivity contribution is 0.146. The summed E-state index contributed by atoms with van der Waals surface area (Å²) >= 11 is 0. The van der Waals surface area contributed by atoms with Crippen molar-refractivity contribution >= 4 is 0 Å². The number of fused-ring (bicyclic) bond motifs is 1. The predicted molar refractivity (Wildman–Crippen MR) is 52.9 cm³/mol. The van der Waals surface area contributed by atoms with Gasteiger partial charge in [-0.3, -0.25) is 0 Å². The van der Waals surface area contributed by atoms with Crippen LogP contribution in [0.3, 0.4) is 0 Å². The third kappa shape index (κ3) is 1.44. The third-order valence-corrected chi connectivity index (χ3v) is 2.62. The molecular weight excluding hydrogens is 180 g/mol. The van der Waals surface area contributed by atoms with Gasteiger partial charge in [-0.25, -0.2) is 0 Å². The van der Waals surface area contributed by atoms with Crippen LogP contribution in [-0.2, 0) is 0 Å². The fourth-order valence-corrected chi connectivity index (χ4v) is 1.74. The van der Waals surface area contributed by atoms with Crippen LogP contribution in [0, 0.1) is 0 Å². The second kappa shape index (κ2) is 3.50. The van der Waals surface area contributed by atoms with Crippen LogP contribution in [0.5, 0.6) is 11.5 Å². The van der Waals surface area contributed by atoms with Crippen LogP contribution >= 0.6 is 0 Å². The highest BCUT2D eigenvalue weighted by molar-refractivity contribution is 5.45. The molecule has 1 aliphatic heterocycles. The first kappa shape index (κ1) is 9.34. The fourth-order valence-electron chi connectivity index (χ4n) is 1.74. The largest absolute Gasteiger partial charge is 0.497 e. The van der Waals surface area contributed by atoms with E-state index in [-0.39, 0.29) is 12.0 Å². The van der Waals surface area contributed by atoms with Gasteiger partial charge in [-0.15, -0.1) is 0 Å². The van der Waals surface area contributed by atoms with E-state index in [1.165, 1.54) is 0 Å². The van der Waals surface area contributed by atoms with Gasteiger partial charge in [0.15, 0.2) is 0 Å². The van der Waals surface area contributed by atoms with Gasteiger partial charge in [-0.1, -0.05) is 0 Å². The molecule has 0 amide bonds. The Kier molecular flexibility index (Phi) is 2.33. The van der Waals surface area contributed by atoms with Gasteiger partial charge in [0.05, 0.1) is 19.8 Å². The maximum atomic E-state index is 9.54. The van der Waals surface area contributed by atoms with E-state index in [1.807, 2.05) is 18.2 Å². The Hall–Kier alpha value is -1.22. The highest BCUT2D eigenvalue weighted by atomic mass is 16.5. The van der Waals surface area contributed by atoms with Gasteiger partial charge in [-0.05, 0) is 25.1 Å². The van der Waals surface area contributed by atoms with Gasteiger partial charge in [0.2, 0.25) is 0 Å². The Morgan fingerprint density at radius 2 is 2.36 bits per heavy atom. The second-order valence-electron chi connectivity index (χ2n) is 3.56. The molecule has 1 aromatic rings. The van der Waals surface area contributed by atoms with E-state index in [0.29, 0.717) is 6.61 Å². The van der Waals surface area contributed by atoms with Crippen LogP contribution in [0.25, 0.3) is 0 Å². The van der Waals surface area contributed by atoms with E-state index in [0.717, 1.165) is 17.1 Å². The van der Waals surface area contributed by atoms with E-state index in [9.17, 15) is 5.11 Å². The van der Waals surface area contributed by atoms with Crippen LogP contribution in [0.4, 0.5) is 0 Å². The molecule has 76 valence electrons. The molecule has 14 heavy (non-hydrogen) atoms. The van der Waals surface area contributed by atoms with Crippen molar-refractivity contribution in [1.82, 2.24) is 0 Å². The van der Waals surface area contributed by atoms with E-state index < -0.39 is 0 Å². The van der Waals surface area contributed by atoms with Crippen molar-refractivity contribution in [2.75, 3.05) is 13.7 Å². The molecule has 0 fully saturated rings. The molecule has 0 spiro atoms. The number of hydrogen-bond donors (Lipinski definition) is 1. The molecule has 1 heterocycles. The molecule has 1 aromatic carbocycles. The van der Waals surface area contributed by atoms with E-state index >= 15 is 0 Å². The van der Waals surface area contributed by atoms with E-state index in [2.05, 4.69) is 0 Å². The molecule has 0 saturated carbocycles. The van der Waals surface area contributed by atoms with E-state index in [1.54, 1.807) is 14.0 Å². The van der Waals surface area contributed by atoms with Crippen molar-refractivity contribution in [3.05, 3.63) is 23.8 Å². The number of rotatable bonds is 2. The number of benzene rings is 1. The Morgan fingerprint density at radius 1 is 1.57 bits per heavy atom. The summed E-state index contributed by atoms with van der Waals surface area (Å²) in [5.41, 5.74) is 1.04. The smallest absolute Gasteiger partial charge is 0.123 e. The molecule has 1 aliphatic rings. The van der Waals surface area contributed by atoms with Crippen molar-refractivity contribution in [2.45, 2.75) is 18.9 Å². The molecule has 3 nitrogen and oxygen atoms in total. The van der Waals surface area contributed by atoms with Crippen LogP contribution in [0.2, 0.25) is 0 Å². The van der Waals surface area contributed by atoms with Gasteiger partial charge in [-0.2, -0.15) is 0 Å². The maximum Gasteiger partial charge on any atom is 0.123 e. The summed E-state index contributed by atoms with van der Waals surface area (Å²) in [5, 5.41) is 9.54. The molecular formula is C11H14O3. The predicted octanol–water partition coefficient (Wildman–Crippen LogP) is 1.55. The molecule has 0 radical (unpaired) electrons. The zero-order valence-electron chi connectivity index (χ0n) is 8.36. The third-order valence-electron chi connectivity index (χ3n) is 2.62. The minimum absolute atomic E-state index is 0.0695. The molecule has 0 aromatic heterocycles. The van der Waals surface area contributed by atoms with E-state index in [4.69, 9.17) is 9.47 Å². The van der Waals surface area contributed by atoms with Crippen molar-refractivity contribution in [2.24, 2.45) is 0 Å². The zero-order chi connectivity index (χ0) is 10.1. The summed E-state index contributed by atoms with van der Waals surface area (Å²) in [7, 11) is 1.63. The van der Waals surface area contributed by atoms with Gasteiger partial charge in [0.25, 0.3) is 0 Å². The molecule has 2 atom stereocenters. The normalized spacial score (nSPS) is 21.2. The lowest BCUT2D eigenvalue weighted by Gasteiger charge is -2.12. The molecule has 2 unspecified atom stereocenters. The number of hydrogen-bond acceptors (Lipinski definition) is 3. The standard InChI is InChI=1S/C11H14O3/c1-7(12)10-6-14-11-4-3-8(13-2)5-9(10)11/h3-5,7,10,12H,6H2,1-2H3. The van der Waals surface area contributed by atoms with Crippen molar-refractivity contribution in [3.8, 4) is 11.5 Å². The van der Waals surface area contributed by atoms with Crippen LogP contribution in [0.1, 0.15) is 18.4 Å². The summed E-state index contributed by atoms with van der Waals surface area (Å²) in [6.45, 7) is 2.34. The molecule has 1 N–H and O–H groups in total. The van der Waals surface area contributed by atoms with Gasteiger partial charge in [0, 0.05) is 11.5 Å². The zero-order valence-corrected chi connectivity index (χ0v) is 8.36. The number of ether oxygens (including phenoxy) is 2. The number of aliphatic hydroxyl groups excluding tert-OH is 1. The first-order valence-electron chi connectivity index (χ1n) is 4.71. The molecule has 0 saturated heterocycles. The Labute approximate surface area is 83.3 Å². The molecule has 0 bridgehead atoms. The van der Waals surface area contributed by atoms with Gasteiger partial charge < -0.3 is 14.6 Å². The van der Waals surface area contributed by atoms with Gasteiger partial charge in [0.1, 0.15) is 11.5 Å². The SMILES string of the molecule is COc1ccc2c(c1)C(C(C)O)CO2. The highest BCUT2D eigenvalue weighted by Gasteiger charge is 2.28. The van der Waals surface area contributed by atoms with Gasteiger partial charge >= 0.3 is 0 Å². The minimum atomic E-state index is -0.386. The second-order valence-corrected chi connectivity index (χ2v) is 3.56. The average Bonchev–Trinajstić information content (AvgIpc) is 2.59. The lowest BCUT2D eigenvalue weighted by atomic mass is 9.96. The summed E-state index contributed by atoms with van der Waals surface area (Å²) in [6, 6.07) is 5.68. The molecule has 0 aliphatic carbocycles. The van der Waals surface area contributed by atoms with Crippen LogP contribution in [0.15, 0.2) is 18.2 Å². The Bertz CT molecular complexity index is 333. The summed E-state index contributed by atoms with van der Waals surface area (Å²) < 4.78 is 10.6. The Balaban J connectivity index is 2.37. The number of aliphatic hydroxyl groups is 1. The Morgan fingerprint density at radius 3 is 3.00 bits per heavy atom. The lowest BCUT2D eigenvalue weighted by Crippen LogP contribution is -2.15. The maximum absolute atomic E-state index is 9.54. The monoisotopic (exact) mass is 194 g/mol. The molecule has 3 heteroatoms. The fraction of sp³-hybridized carbons (Fsp3) is 0.455. The summed E-state index contributed by atoms with van der Waals surface area (Å²) in [4.78, 5) is 0. The van der Waals surface area contributed by atoms with Crippen LogP contribution in [-0.4, -0.2) is 24.9 Å². The highest BCUT2D eigenvalue weighted by Crippen LogP contribution is 2.37.